The summed E-state index contributed by atoms with van der Waals surface area (Å²) in [5, 5.41) is 20.2. The Labute approximate surface area is 169 Å². The lowest BCUT2D eigenvalue weighted by atomic mass is 10.0. The summed E-state index contributed by atoms with van der Waals surface area (Å²) in [6, 6.07) is 14.4. The number of carboxylic acid groups (broad SMARTS) is 2. The number of hydrogen-bond donors (Lipinski definition) is 3. The maximum Gasteiger partial charge on any atom is 0.407 e. The summed E-state index contributed by atoms with van der Waals surface area (Å²) in [7, 11) is 0. The minimum absolute atomic E-state index is 0.147. The number of benzene rings is 2. The molecular weight excluding hydrogens is 376 g/mol. The van der Waals surface area contributed by atoms with E-state index in [-0.39, 0.29) is 6.04 Å². The molecule has 2 aromatic rings. The number of amides is 1. The normalized spacial score (nSPS) is 16.1. The van der Waals surface area contributed by atoms with Crippen LogP contribution in [-0.2, 0) is 4.79 Å². The van der Waals surface area contributed by atoms with Crippen molar-refractivity contribution in [3.05, 3.63) is 59.2 Å². The Morgan fingerprint density at radius 2 is 1.79 bits per heavy atom. The van der Waals surface area contributed by atoms with E-state index in [9.17, 15) is 9.90 Å². The topological polar surface area (TPSA) is 89.9 Å². The Bertz CT molecular complexity index is 837. The summed E-state index contributed by atoms with van der Waals surface area (Å²) in [6.45, 7) is 7.16. The largest absolute Gasteiger partial charge is 0.481 e. The van der Waals surface area contributed by atoms with Crippen LogP contribution in [0.15, 0.2) is 52.3 Å². The summed E-state index contributed by atoms with van der Waals surface area (Å²) in [5.74, 6) is -0.833. The predicted octanol–water partition coefficient (Wildman–Crippen LogP) is 4.17. The third-order valence-electron chi connectivity index (χ3n) is 4.32. The van der Waals surface area contributed by atoms with Gasteiger partial charge in [0, 0.05) is 36.3 Å². The smallest absolute Gasteiger partial charge is 0.407 e. The molecule has 1 aliphatic rings. The van der Waals surface area contributed by atoms with Gasteiger partial charge >= 0.3 is 6.09 Å². The molecule has 2 aromatic carbocycles. The van der Waals surface area contributed by atoms with Gasteiger partial charge in [-0.1, -0.05) is 47.7 Å². The van der Waals surface area contributed by atoms with E-state index in [0.29, 0.717) is 19.6 Å². The Hall–Kier alpha value is -2.51. The molecule has 1 unspecified atom stereocenters. The predicted molar refractivity (Wildman–Crippen MR) is 110 cm³/mol. The van der Waals surface area contributed by atoms with Crippen molar-refractivity contribution in [3.8, 4) is 0 Å². The lowest BCUT2D eigenvalue weighted by Gasteiger charge is -2.35. The summed E-state index contributed by atoms with van der Waals surface area (Å²) >= 11 is 1.71. The molecule has 7 heteroatoms. The minimum atomic E-state index is -0.854. The van der Waals surface area contributed by atoms with Crippen LogP contribution >= 0.6 is 11.8 Å². The SMILES string of the molecule is CC(=O)O.Cc1ccc(Sc2ccccc2C2CNCCN2C(=O)O)c(C)c1. The quantitative estimate of drug-likeness (QED) is 0.714. The highest BCUT2D eigenvalue weighted by Gasteiger charge is 2.29. The first-order valence-corrected chi connectivity index (χ1v) is 9.85. The number of aryl methyl sites for hydroxylation is 2. The van der Waals surface area contributed by atoms with Crippen molar-refractivity contribution in [1.82, 2.24) is 10.2 Å². The van der Waals surface area contributed by atoms with Gasteiger partial charge in [0.15, 0.2) is 0 Å². The highest BCUT2D eigenvalue weighted by atomic mass is 32.2. The van der Waals surface area contributed by atoms with Gasteiger partial charge in [-0.2, -0.15) is 0 Å². The molecule has 1 saturated heterocycles. The lowest BCUT2D eigenvalue weighted by molar-refractivity contribution is -0.134. The van der Waals surface area contributed by atoms with Crippen LogP contribution in [-0.4, -0.2) is 46.8 Å². The number of rotatable bonds is 3. The number of nitrogens with one attached hydrogen (secondary N) is 1. The van der Waals surface area contributed by atoms with E-state index in [4.69, 9.17) is 9.90 Å². The first-order valence-electron chi connectivity index (χ1n) is 9.03. The van der Waals surface area contributed by atoms with Gasteiger partial charge in [0.1, 0.15) is 0 Å². The van der Waals surface area contributed by atoms with E-state index in [1.165, 1.54) is 20.9 Å². The molecule has 3 N–H and O–H groups in total. The van der Waals surface area contributed by atoms with E-state index < -0.39 is 12.1 Å². The number of nitrogens with zero attached hydrogens (tertiary/aromatic N) is 1. The first-order chi connectivity index (χ1) is 13.3. The molecule has 3 rings (SSSR count). The average Bonchev–Trinajstić information content (AvgIpc) is 2.64. The number of carboxylic acids is 1. The van der Waals surface area contributed by atoms with Gasteiger partial charge < -0.3 is 15.5 Å². The molecule has 0 bridgehead atoms. The van der Waals surface area contributed by atoms with E-state index >= 15 is 0 Å². The summed E-state index contributed by atoms with van der Waals surface area (Å²) < 4.78 is 0. The zero-order valence-corrected chi connectivity index (χ0v) is 17.1. The van der Waals surface area contributed by atoms with Crippen LogP contribution in [0.4, 0.5) is 4.79 Å². The fourth-order valence-corrected chi connectivity index (χ4v) is 4.15. The molecule has 1 amide bonds. The molecule has 1 heterocycles. The van der Waals surface area contributed by atoms with Crippen LogP contribution in [0.1, 0.15) is 29.7 Å². The van der Waals surface area contributed by atoms with Gasteiger partial charge in [0.05, 0.1) is 6.04 Å². The summed E-state index contributed by atoms with van der Waals surface area (Å²) in [5.41, 5.74) is 3.56. The fraction of sp³-hybridized carbons (Fsp3) is 0.333. The van der Waals surface area contributed by atoms with Crippen molar-refractivity contribution in [2.75, 3.05) is 19.6 Å². The Balaban J connectivity index is 0.000000640. The van der Waals surface area contributed by atoms with Crippen molar-refractivity contribution in [3.63, 3.8) is 0 Å². The number of hydrogen-bond acceptors (Lipinski definition) is 4. The standard InChI is InChI=1S/C19H22N2O2S.C2H4O2/c1-13-7-8-17(14(2)11-13)24-18-6-4-3-5-15(18)16-12-20-9-10-21(16)19(22)23;1-2(3)4/h3-8,11,16,20H,9-10,12H2,1-2H3,(H,22,23);1H3,(H,3,4). The second-order valence-corrected chi connectivity index (χ2v) is 7.71. The van der Waals surface area contributed by atoms with Gasteiger partial charge in [-0.05, 0) is 37.1 Å². The molecule has 6 nitrogen and oxygen atoms in total. The van der Waals surface area contributed by atoms with Gasteiger partial charge in [0.2, 0.25) is 0 Å². The van der Waals surface area contributed by atoms with Crippen LogP contribution in [0.25, 0.3) is 0 Å². The van der Waals surface area contributed by atoms with Crippen molar-refractivity contribution < 1.29 is 19.8 Å². The highest BCUT2D eigenvalue weighted by molar-refractivity contribution is 7.99. The molecule has 1 fully saturated rings. The van der Waals surface area contributed by atoms with Crippen molar-refractivity contribution >= 4 is 23.8 Å². The van der Waals surface area contributed by atoms with Crippen LogP contribution in [0.5, 0.6) is 0 Å². The molecule has 0 aliphatic carbocycles. The number of aliphatic carboxylic acids is 1. The zero-order chi connectivity index (χ0) is 20.7. The number of carbonyl (C=O) groups is 2. The van der Waals surface area contributed by atoms with Crippen LogP contribution in [0.3, 0.4) is 0 Å². The van der Waals surface area contributed by atoms with Crippen LogP contribution in [0, 0.1) is 13.8 Å². The highest BCUT2D eigenvalue weighted by Crippen LogP contribution is 2.37. The maximum atomic E-state index is 11.6. The minimum Gasteiger partial charge on any atom is -0.481 e. The van der Waals surface area contributed by atoms with Crippen molar-refractivity contribution in [1.29, 1.82) is 0 Å². The molecule has 0 saturated carbocycles. The molecule has 0 radical (unpaired) electrons. The first kappa shape index (κ1) is 21.8. The van der Waals surface area contributed by atoms with Crippen LogP contribution < -0.4 is 5.32 Å². The number of piperazine rings is 1. The van der Waals surface area contributed by atoms with Gasteiger partial charge in [-0.3, -0.25) is 9.69 Å². The van der Waals surface area contributed by atoms with Crippen molar-refractivity contribution in [2.24, 2.45) is 0 Å². The second kappa shape index (κ2) is 10.1. The van der Waals surface area contributed by atoms with E-state index in [1.807, 2.05) is 18.2 Å². The summed E-state index contributed by atoms with van der Waals surface area (Å²) in [6.07, 6.45) is -0.854. The van der Waals surface area contributed by atoms with Gasteiger partial charge in [-0.15, -0.1) is 0 Å². The monoisotopic (exact) mass is 402 g/mol. The van der Waals surface area contributed by atoms with Crippen molar-refractivity contribution in [2.45, 2.75) is 36.6 Å². The third kappa shape index (κ3) is 6.00. The Morgan fingerprint density at radius 1 is 1.11 bits per heavy atom. The molecule has 0 aromatic heterocycles. The molecule has 1 atom stereocenters. The zero-order valence-electron chi connectivity index (χ0n) is 16.3. The third-order valence-corrected chi connectivity index (χ3v) is 5.59. The van der Waals surface area contributed by atoms with Crippen LogP contribution in [0.2, 0.25) is 0 Å². The molecule has 28 heavy (non-hydrogen) atoms. The second-order valence-electron chi connectivity index (χ2n) is 6.62. The van der Waals surface area contributed by atoms with Gasteiger partial charge in [0.25, 0.3) is 5.97 Å². The molecule has 150 valence electrons. The maximum absolute atomic E-state index is 11.6. The molecule has 1 aliphatic heterocycles. The summed E-state index contributed by atoms with van der Waals surface area (Å²) in [4.78, 5) is 24.5. The lowest BCUT2D eigenvalue weighted by Crippen LogP contribution is -2.48. The van der Waals surface area contributed by atoms with Gasteiger partial charge in [-0.25, -0.2) is 4.79 Å². The molecule has 0 spiro atoms. The van der Waals surface area contributed by atoms with E-state index in [2.05, 4.69) is 43.4 Å². The average molecular weight is 403 g/mol. The van der Waals surface area contributed by atoms with E-state index in [0.717, 1.165) is 17.4 Å². The molecular formula is C21H26N2O4S. The fourth-order valence-electron chi connectivity index (χ4n) is 3.09. The van der Waals surface area contributed by atoms with E-state index in [1.54, 1.807) is 11.8 Å². The Morgan fingerprint density at radius 3 is 2.43 bits per heavy atom. The Kier molecular flexibility index (Phi) is 7.90.